The SMILES string of the molecule is CCCCC/C=C\C/C=C\CCCCCCCCCC(=O)OC(COCCCCCCCCCC/C=C\CCCCCCCCC)COP(=O)(O)OCC(O)CO. The van der Waals surface area contributed by atoms with E-state index in [4.69, 9.17) is 23.6 Å². The van der Waals surface area contributed by atoms with Crippen molar-refractivity contribution in [2.45, 2.75) is 225 Å². The maximum Gasteiger partial charge on any atom is 0.472 e. The van der Waals surface area contributed by atoms with Crippen molar-refractivity contribution in [1.29, 1.82) is 0 Å². The fourth-order valence-electron chi connectivity index (χ4n) is 6.44. The van der Waals surface area contributed by atoms with Gasteiger partial charge in [-0.25, -0.2) is 4.57 Å². The molecule has 0 bridgehead atoms. The first-order valence-corrected chi connectivity index (χ1v) is 25.0. The van der Waals surface area contributed by atoms with Crippen molar-refractivity contribution in [3.8, 4) is 0 Å². The molecule has 9 nitrogen and oxygen atoms in total. The van der Waals surface area contributed by atoms with Crippen LogP contribution in [0.5, 0.6) is 0 Å². The van der Waals surface area contributed by atoms with Gasteiger partial charge >= 0.3 is 13.8 Å². The zero-order valence-electron chi connectivity index (χ0n) is 36.8. The summed E-state index contributed by atoms with van der Waals surface area (Å²) in [4.78, 5) is 22.6. The van der Waals surface area contributed by atoms with Gasteiger partial charge < -0.3 is 24.6 Å². The first-order valence-electron chi connectivity index (χ1n) is 23.5. The number of hydrogen-bond acceptors (Lipinski definition) is 8. The summed E-state index contributed by atoms with van der Waals surface area (Å²) in [5.74, 6) is -0.390. The van der Waals surface area contributed by atoms with Gasteiger partial charge in [0.2, 0.25) is 0 Å². The number of ether oxygens (including phenoxy) is 2. The summed E-state index contributed by atoms with van der Waals surface area (Å²) in [6, 6.07) is 0. The molecule has 0 heterocycles. The van der Waals surface area contributed by atoms with Crippen LogP contribution < -0.4 is 0 Å². The predicted molar refractivity (Wildman–Crippen MR) is 237 cm³/mol. The van der Waals surface area contributed by atoms with Gasteiger partial charge in [0.25, 0.3) is 0 Å². The molecule has 0 rings (SSSR count). The molecule has 0 fully saturated rings. The summed E-state index contributed by atoms with van der Waals surface area (Å²) in [5, 5.41) is 18.4. The summed E-state index contributed by atoms with van der Waals surface area (Å²) in [6.45, 7) is 3.50. The average molecular weight is 829 g/mol. The highest BCUT2D eigenvalue weighted by atomic mass is 31.2. The van der Waals surface area contributed by atoms with Gasteiger partial charge in [0, 0.05) is 13.0 Å². The van der Waals surface area contributed by atoms with E-state index in [0.29, 0.717) is 6.61 Å². The topological polar surface area (TPSA) is 132 Å². The number of allylic oxidation sites excluding steroid dienone is 6. The Labute approximate surface area is 350 Å². The number of unbranched alkanes of at least 4 members (excludes halogenated alkanes) is 25. The third-order valence-corrected chi connectivity index (χ3v) is 11.0. The maximum atomic E-state index is 12.6. The predicted octanol–water partition coefficient (Wildman–Crippen LogP) is 13.2. The minimum absolute atomic E-state index is 0.0451. The van der Waals surface area contributed by atoms with Crippen LogP contribution in [0.1, 0.15) is 213 Å². The lowest BCUT2D eigenvalue weighted by molar-refractivity contribution is -0.154. The number of rotatable bonds is 45. The van der Waals surface area contributed by atoms with Crippen LogP contribution in [0.4, 0.5) is 0 Å². The van der Waals surface area contributed by atoms with Gasteiger partial charge in [0.05, 0.1) is 26.4 Å². The molecule has 57 heavy (non-hydrogen) atoms. The van der Waals surface area contributed by atoms with Gasteiger partial charge in [-0.15, -0.1) is 0 Å². The van der Waals surface area contributed by atoms with E-state index in [0.717, 1.165) is 57.8 Å². The highest BCUT2D eigenvalue weighted by Gasteiger charge is 2.26. The Kier molecular flexibility index (Phi) is 43.2. The van der Waals surface area contributed by atoms with Crippen LogP contribution in [0.3, 0.4) is 0 Å². The molecule has 3 N–H and O–H groups in total. The van der Waals surface area contributed by atoms with Crippen molar-refractivity contribution in [2.75, 3.05) is 33.0 Å². The van der Waals surface area contributed by atoms with Crippen LogP contribution in [0.15, 0.2) is 36.5 Å². The second-order valence-electron chi connectivity index (χ2n) is 15.8. The highest BCUT2D eigenvalue weighted by molar-refractivity contribution is 7.47. The lowest BCUT2D eigenvalue weighted by atomic mass is 10.1. The van der Waals surface area contributed by atoms with Crippen LogP contribution in [0.25, 0.3) is 0 Å². The zero-order valence-corrected chi connectivity index (χ0v) is 37.7. The number of phosphoric ester groups is 1. The number of esters is 1. The average Bonchev–Trinajstić information content (AvgIpc) is 3.20. The number of aliphatic hydroxyl groups is 2. The third kappa shape index (κ3) is 44.1. The molecular formula is C47H89O9P. The molecule has 3 unspecified atom stereocenters. The Bertz CT molecular complexity index is 986. The van der Waals surface area contributed by atoms with Gasteiger partial charge in [0.1, 0.15) is 12.2 Å². The Morgan fingerprint density at radius 2 is 0.947 bits per heavy atom. The number of carbonyl (C=O) groups excluding carboxylic acids is 1. The molecule has 10 heteroatoms. The van der Waals surface area contributed by atoms with E-state index in [-0.39, 0.29) is 19.6 Å². The lowest BCUT2D eigenvalue weighted by Crippen LogP contribution is -2.29. The molecule has 0 saturated heterocycles. The minimum atomic E-state index is -4.52. The Morgan fingerprint density at radius 3 is 1.46 bits per heavy atom. The van der Waals surface area contributed by atoms with Crippen molar-refractivity contribution in [3.05, 3.63) is 36.5 Å². The number of hydrogen-bond donors (Lipinski definition) is 3. The minimum Gasteiger partial charge on any atom is -0.457 e. The monoisotopic (exact) mass is 829 g/mol. The quantitative estimate of drug-likeness (QED) is 0.0237. The first-order chi connectivity index (χ1) is 27.8. The van der Waals surface area contributed by atoms with Gasteiger partial charge in [0.15, 0.2) is 0 Å². The largest absolute Gasteiger partial charge is 0.472 e. The van der Waals surface area contributed by atoms with Crippen molar-refractivity contribution >= 4 is 13.8 Å². The summed E-state index contributed by atoms with van der Waals surface area (Å²) >= 11 is 0. The summed E-state index contributed by atoms with van der Waals surface area (Å²) in [7, 11) is -4.52. The van der Waals surface area contributed by atoms with Crippen molar-refractivity contribution < 1.29 is 43.0 Å². The van der Waals surface area contributed by atoms with Crippen molar-refractivity contribution in [1.82, 2.24) is 0 Å². The van der Waals surface area contributed by atoms with Crippen LogP contribution in [0, 0.1) is 0 Å². The van der Waals surface area contributed by atoms with E-state index in [2.05, 4.69) is 50.3 Å². The van der Waals surface area contributed by atoms with Gasteiger partial charge in [-0.3, -0.25) is 13.8 Å². The fourth-order valence-corrected chi connectivity index (χ4v) is 7.23. The Hall–Kier alpha value is -1.32. The molecule has 0 aromatic carbocycles. The molecule has 0 aliphatic heterocycles. The maximum absolute atomic E-state index is 12.6. The van der Waals surface area contributed by atoms with E-state index in [1.54, 1.807) is 0 Å². The summed E-state index contributed by atoms with van der Waals surface area (Å²) < 4.78 is 33.4. The van der Waals surface area contributed by atoms with Crippen LogP contribution in [0.2, 0.25) is 0 Å². The summed E-state index contributed by atoms with van der Waals surface area (Å²) in [5.41, 5.74) is 0. The van der Waals surface area contributed by atoms with E-state index in [1.165, 1.54) is 135 Å². The zero-order chi connectivity index (χ0) is 41.8. The second-order valence-corrected chi connectivity index (χ2v) is 17.2. The second kappa shape index (κ2) is 44.2. The van der Waals surface area contributed by atoms with Crippen LogP contribution >= 0.6 is 7.82 Å². The molecule has 336 valence electrons. The molecule has 0 saturated carbocycles. The van der Waals surface area contributed by atoms with Crippen molar-refractivity contribution in [2.24, 2.45) is 0 Å². The van der Waals surface area contributed by atoms with E-state index >= 15 is 0 Å². The summed E-state index contributed by atoms with van der Waals surface area (Å²) in [6.07, 6.45) is 48.1. The standard InChI is InChI=1S/C47H89O9P/c1-3-5-7-9-11-13-15-17-19-21-22-24-26-28-30-32-34-36-38-40-53-43-46(44-55-57(51,52)54-42-45(49)41-48)56-47(50)39-37-35-33-31-29-27-25-23-20-18-16-14-12-10-8-6-4-2/h12,14,18-21,45-46,48-49H,3-11,13,15-17,22-44H2,1-2H3,(H,51,52)/b14-12-,20-18-,21-19-. The smallest absolute Gasteiger partial charge is 0.457 e. The Morgan fingerprint density at radius 1 is 0.544 bits per heavy atom. The molecular weight excluding hydrogens is 739 g/mol. The van der Waals surface area contributed by atoms with E-state index in [1.807, 2.05) is 0 Å². The Balaban J connectivity index is 4.13. The highest BCUT2D eigenvalue weighted by Crippen LogP contribution is 2.43. The van der Waals surface area contributed by atoms with Crippen molar-refractivity contribution in [3.63, 3.8) is 0 Å². The number of aliphatic hydroxyl groups excluding tert-OH is 2. The van der Waals surface area contributed by atoms with Crippen LogP contribution in [-0.2, 0) is 27.9 Å². The third-order valence-electron chi connectivity index (χ3n) is 10.0. The molecule has 0 aromatic heterocycles. The number of phosphoric acid groups is 1. The lowest BCUT2D eigenvalue weighted by Gasteiger charge is -2.20. The van der Waals surface area contributed by atoms with Gasteiger partial charge in [-0.05, 0) is 70.6 Å². The normalized spacial score (nSPS) is 14.3. The molecule has 0 amide bonds. The molecule has 0 aliphatic carbocycles. The molecule has 0 aliphatic rings. The van der Waals surface area contributed by atoms with Gasteiger partial charge in [-0.2, -0.15) is 0 Å². The van der Waals surface area contributed by atoms with Crippen LogP contribution in [-0.4, -0.2) is 66.3 Å². The fraction of sp³-hybridized carbons (Fsp3) is 0.851. The van der Waals surface area contributed by atoms with E-state index < -0.39 is 39.2 Å². The molecule has 3 atom stereocenters. The first kappa shape index (κ1) is 55.7. The van der Waals surface area contributed by atoms with E-state index in [9.17, 15) is 19.4 Å². The molecule has 0 aromatic rings. The molecule has 0 spiro atoms. The molecule has 0 radical (unpaired) electrons. The van der Waals surface area contributed by atoms with Gasteiger partial charge in [-0.1, -0.05) is 172 Å². The number of carbonyl (C=O) groups is 1.